The van der Waals surface area contributed by atoms with Crippen LogP contribution < -0.4 is 5.32 Å². The van der Waals surface area contributed by atoms with Crippen LogP contribution in [0.5, 0.6) is 0 Å². The summed E-state index contributed by atoms with van der Waals surface area (Å²) in [6.45, 7) is 3.99. The van der Waals surface area contributed by atoms with E-state index in [1.807, 2.05) is 31.2 Å². The van der Waals surface area contributed by atoms with Gasteiger partial charge in [0.05, 0.1) is 0 Å². The second-order valence-electron chi connectivity index (χ2n) is 5.39. The second kappa shape index (κ2) is 5.12. The molecule has 0 saturated heterocycles. The minimum Gasteiger partial charge on any atom is -0.355 e. The van der Waals surface area contributed by atoms with Gasteiger partial charge in [0.2, 0.25) is 0 Å². The molecular formula is C18H19NO. The molecule has 102 valence electrons. The molecule has 0 bridgehead atoms. The molecule has 0 fully saturated rings. The van der Waals surface area contributed by atoms with Gasteiger partial charge in [0.15, 0.2) is 0 Å². The smallest absolute Gasteiger partial charge is 0.136 e. The Morgan fingerprint density at radius 2 is 1.55 bits per heavy atom. The van der Waals surface area contributed by atoms with Crippen LogP contribution in [-0.2, 0) is 4.79 Å². The molecule has 2 nitrogen and oxygen atoms in total. The molecule has 2 aromatic carbocycles. The third-order valence-corrected chi connectivity index (χ3v) is 4.22. The summed E-state index contributed by atoms with van der Waals surface area (Å²) in [6.07, 6.45) is 0.593. The molecule has 0 amide bonds. The number of ketones is 1. The Morgan fingerprint density at radius 1 is 1.05 bits per heavy atom. The number of hydrogen-bond acceptors (Lipinski definition) is 2. The van der Waals surface area contributed by atoms with Gasteiger partial charge >= 0.3 is 0 Å². The Labute approximate surface area is 119 Å². The maximum atomic E-state index is 12.2. The van der Waals surface area contributed by atoms with Crippen LogP contribution in [0, 0.1) is 5.92 Å². The molecule has 0 saturated carbocycles. The number of hydrogen-bond donors (Lipinski definition) is 1. The van der Waals surface area contributed by atoms with Crippen molar-refractivity contribution in [3.63, 3.8) is 0 Å². The molecule has 0 spiro atoms. The highest BCUT2D eigenvalue weighted by Gasteiger charge is 2.32. The average Bonchev–Trinajstić information content (AvgIpc) is 2.51. The molecule has 1 N–H and O–H groups in total. The van der Waals surface area contributed by atoms with E-state index in [2.05, 4.69) is 36.5 Å². The molecule has 1 aliphatic rings. The number of fused-ring (bicyclic) bond motifs is 2. The van der Waals surface area contributed by atoms with Crippen molar-refractivity contribution >= 4 is 17.2 Å². The van der Waals surface area contributed by atoms with E-state index in [0.717, 1.165) is 11.4 Å². The summed E-state index contributed by atoms with van der Waals surface area (Å²) in [4.78, 5) is 12.2. The lowest BCUT2D eigenvalue weighted by atomic mass is 9.76. The van der Waals surface area contributed by atoms with Gasteiger partial charge in [0.25, 0.3) is 0 Å². The van der Waals surface area contributed by atoms with Gasteiger partial charge in [-0.15, -0.1) is 0 Å². The van der Waals surface area contributed by atoms with Gasteiger partial charge in [-0.05, 0) is 23.3 Å². The number of carbonyl (C=O) groups is 1. The lowest BCUT2D eigenvalue weighted by Crippen LogP contribution is -2.24. The number of carbonyl (C=O) groups excluding carboxylic acids is 1. The first-order valence-electron chi connectivity index (χ1n) is 7.20. The van der Waals surface area contributed by atoms with E-state index in [-0.39, 0.29) is 11.8 Å². The maximum absolute atomic E-state index is 12.2. The van der Waals surface area contributed by atoms with Gasteiger partial charge in [-0.25, -0.2) is 0 Å². The third kappa shape index (κ3) is 2.01. The first kappa shape index (κ1) is 12.9. The molecule has 2 heteroatoms. The number of para-hydroxylation sites is 2. The molecule has 1 aliphatic heterocycles. The van der Waals surface area contributed by atoms with Crippen LogP contribution in [-0.4, -0.2) is 5.78 Å². The standard InChI is InChI=1S/C18H19NO/c1-3-17(20)12(2)18-13-8-4-6-10-15(13)19-16-11-7-5-9-14(16)18/h4-12,18-19H,3H2,1-2H3. The van der Waals surface area contributed by atoms with Gasteiger partial charge < -0.3 is 5.32 Å². The van der Waals surface area contributed by atoms with E-state index < -0.39 is 0 Å². The van der Waals surface area contributed by atoms with E-state index in [0.29, 0.717) is 12.2 Å². The van der Waals surface area contributed by atoms with Crippen molar-refractivity contribution in [1.29, 1.82) is 0 Å². The normalized spacial score (nSPS) is 14.9. The molecule has 0 aliphatic carbocycles. The molecule has 0 radical (unpaired) electrons. The molecule has 1 heterocycles. The minimum atomic E-state index is 0.00407. The molecule has 0 aromatic heterocycles. The van der Waals surface area contributed by atoms with Crippen LogP contribution in [0.15, 0.2) is 48.5 Å². The average molecular weight is 265 g/mol. The van der Waals surface area contributed by atoms with Crippen LogP contribution in [0.25, 0.3) is 0 Å². The first-order chi connectivity index (χ1) is 9.72. The number of rotatable bonds is 3. The summed E-state index contributed by atoms with van der Waals surface area (Å²) < 4.78 is 0. The minimum absolute atomic E-state index is 0.00407. The molecule has 20 heavy (non-hydrogen) atoms. The number of nitrogens with one attached hydrogen (secondary N) is 1. The van der Waals surface area contributed by atoms with Crippen LogP contribution in [0.1, 0.15) is 37.3 Å². The number of anilines is 2. The topological polar surface area (TPSA) is 29.1 Å². The fraction of sp³-hybridized carbons (Fsp3) is 0.278. The quantitative estimate of drug-likeness (QED) is 0.885. The van der Waals surface area contributed by atoms with Crippen LogP contribution in [0.2, 0.25) is 0 Å². The van der Waals surface area contributed by atoms with Crippen LogP contribution >= 0.6 is 0 Å². The molecular weight excluding hydrogens is 246 g/mol. The molecule has 1 unspecified atom stereocenters. The summed E-state index contributed by atoms with van der Waals surface area (Å²) in [5.41, 5.74) is 4.68. The molecule has 1 atom stereocenters. The fourth-order valence-electron chi connectivity index (χ4n) is 3.12. The Bertz CT molecular complexity index is 602. The zero-order valence-corrected chi connectivity index (χ0v) is 11.9. The van der Waals surface area contributed by atoms with Crippen molar-refractivity contribution in [3.05, 3.63) is 59.7 Å². The van der Waals surface area contributed by atoms with Gasteiger partial charge in [-0.3, -0.25) is 4.79 Å². The van der Waals surface area contributed by atoms with Crippen molar-refractivity contribution in [1.82, 2.24) is 0 Å². The summed E-state index contributed by atoms with van der Waals surface area (Å²) in [5, 5.41) is 3.47. The second-order valence-corrected chi connectivity index (χ2v) is 5.39. The molecule has 2 aromatic rings. The van der Waals surface area contributed by atoms with Gasteiger partial charge in [-0.2, -0.15) is 0 Å². The van der Waals surface area contributed by atoms with Crippen molar-refractivity contribution in [3.8, 4) is 0 Å². The monoisotopic (exact) mass is 265 g/mol. The summed E-state index contributed by atoms with van der Waals surface area (Å²) in [6, 6.07) is 16.6. The predicted molar refractivity (Wildman–Crippen MR) is 82.5 cm³/mol. The van der Waals surface area contributed by atoms with Gasteiger partial charge in [-0.1, -0.05) is 50.2 Å². The van der Waals surface area contributed by atoms with Crippen molar-refractivity contribution in [2.75, 3.05) is 5.32 Å². The predicted octanol–water partition coefficient (Wildman–Crippen LogP) is 4.49. The van der Waals surface area contributed by atoms with E-state index in [1.54, 1.807) is 0 Å². The zero-order valence-electron chi connectivity index (χ0n) is 11.9. The Kier molecular flexibility index (Phi) is 3.31. The van der Waals surface area contributed by atoms with Crippen molar-refractivity contribution < 1.29 is 4.79 Å². The first-order valence-corrected chi connectivity index (χ1v) is 7.20. The highest BCUT2D eigenvalue weighted by molar-refractivity contribution is 5.84. The maximum Gasteiger partial charge on any atom is 0.136 e. The van der Waals surface area contributed by atoms with Crippen LogP contribution in [0.3, 0.4) is 0 Å². The third-order valence-electron chi connectivity index (χ3n) is 4.22. The Balaban J connectivity index is 2.15. The zero-order chi connectivity index (χ0) is 14.1. The van der Waals surface area contributed by atoms with Crippen molar-refractivity contribution in [2.45, 2.75) is 26.2 Å². The van der Waals surface area contributed by atoms with E-state index >= 15 is 0 Å². The summed E-state index contributed by atoms with van der Waals surface area (Å²) >= 11 is 0. The number of benzene rings is 2. The highest BCUT2D eigenvalue weighted by atomic mass is 16.1. The Hall–Kier alpha value is -2.09. The van der Waals surface area contributed by atoms with Gasteiger partial charge in [0, 0.05) is 29.6 Å². The van der Waals surface area contributed by atoms with E-state index in [4.69, 9.17) is 0 Å². The fourth-order valence-corrected chi connectivity index (χ4v) is 3.12. The van der Waals surface area contributed by atoms with E-state index in [1.165, 1.54) is 11.1 Å². The molecule has 3 rings (SSSR count). The van der Waals surface area contributed by atoms with E-state index in [9.17, 15) is 4.79 Å². The highest BCUT2D eigenvalue weighted by Crippen LogP contribution is 2.45. The summed E-state index contributed by atoms with van der Waals surface area (Å²) in [5.74, 6) is 0.474. The lowest BCUT2D eigenvalue weighted by Gasteiger charge is -2.32. The Morgan fingerprint density at radius 3 is 2.05 bits per heavy atom. The van der Waals surface area contributed by atoms with Crippen LogP contribution in [0.4, 0.5) is 11.4 Å². The van der Waals surface area contributed by atoms with Gasteiger partial charge in [0.1, 0.15) is 5.78 Å². The number of Topliss-reactive ketones (excluding diaryl/α,β-unsaturated/α-hetero) is 1. The summed E-state index contributed by atoms with van der Waals surface area (Å²) in [7, 11) is 0. The SMILES string of the molecule is CCC(=O)C(C)C1c2ccccc2Nc2ccccc21. The van der Waals surface area contributed by atoms with Crippen molar-refractivity contribution in [2.24, 2.45) is 5.92 Å². The largest absolute Gasteiger partial charge is 0.355 e. The lowest BCUT2D eigenvalue weighted by molar-refractivity contribution is -0.122.